The van der Waals surface area contributed by atoms with Gasteiger partial charge in [0.25, 0.3) is 5.91 Å². The molecule has 0 radical (unpaired) electrons. The number of hydrogen-bond donors (Lipinski definition) is 1. The van der Waals surface area contributed by atoms with Gasteiger partial charge in [-0.05, 0) is 32.1 Å². The van der Waals surface area contributed by atoms with E-state index in [-0.39, 0.29) is 5.91 Å². The molecule has 0 saturated heterocycles. The van der Waals surface area contributed by atoms with Crippen LogP contribution >= 0.6 is 0 Å². The first-order chi connectivity index (χ1) is 7.69. The lowest BCUT2D eigenvalue weighted by atomic mass is 10.3. The minimum Gasteiger partial charge on any atom is -0.456 e. The molecule has 0 aromatic carbocycles. The van der Waals surface area contributed by atoms with Crippen molar-refractivity contribution >= 4 is 5.91 Å². The second-order valence-electron chi connectivity index (χ2n) is 3.80. The zero-order valence-electron chi connectivity index (χ0n) is 10.2. The lowest BCUT2D eigenvalue weighted by Gasteiger charge is -2.15. The minimum absolute atomic E-state index is 0.0456. The summed E-state index contributed by atoms with van der Waals surface area (Å²) in [6.07, 6.45) is 1.76. The highest BCUT2D eigenvalue weighted by Gasteiger charge is 2.14. The van der Waals surface area contributed by atoms with Gasteiger partial charge >= 0.3 is 0 Å². The lowest BCUT2D eigenvalue weighted by Crippen LogP contribution is -2.29. The summed E-state index contributed by atoms with van der Waals surface area (Å²) in [5, 5.41) is 3.05. The number of carbonyl (C=O) groups is 1. The Balaban J connectivity index is 2.49. The van der Waals surface area contributed by atoms with E-state index in [1.807, 2.05) is 20.0 Å². The van der Waals surface area contributed by atoms with E-state index in [2.05, 4.69) is 5.32 Å². The first kappa shape index (κ1) is 12.8. The Morgan fingerprint density at radius 1 is 1.50 bits per heavy atom. The Hall–Kier alpha value is -1.29. The van der Waals surface area contributed by atoms with Crippen molar-refractivity contribution < 1.29 is 9.21 Å². The van der Waals surface area contributed by atoms with Crippen LogP contribution in [0, 0.1) is 0 Å². The molecular weight excluding hydrogens is 204 g/mol. The maximum Gasteiger partial charge on any atom is 0.289 e. The fourth-order valence-electron chi connectivity index (χ4n) is 1.47. The van der Waals surface area contributed by atoms with Crippen LogP contribution in [0.3, 0.4) is 0 Å². The fraction of sp³-hybridized carbons (Fsp3) is 0.583. The van der Waals surface area contributed by atoms with Crippen molar-refractivity contribution in [1.82, 2.24) is 10.2 Å². The highest BCUT2D eigenvalue weighted by Crippen LogP contribution is 2.10. The van der Waals surface area contributed by atoms with Crippen molar-refractivity contribution in [3.05, 3.63) is 23.7 Å². The third-order valence-electron chi connectivity index (χ3n) is 2.49. The van der Waals surface area contributed by atoms with Crippen LogP contribution in [0.25, 0.3) is 0 Å². The summed E-state index contributed by atoms with van der Waals surface area (Å²) in [6.45, 7) is 3.65. The molecule has 1 N–H and O–H groups in total. The molecular formula is C12H20N2O2. The molecule has 1 aromatic heterocycles. The molecule has 0 aliphatic carbocycles. The topological polar surface area (TPSA) is 45.5 Å². The normalized spacial score (nSPS) is 10.4. The molecule has 0 atom stereocenters. The Morgan fingerprint density at radius 3 is 2.81 bits per heavy atom. The summed E-state index contributed by atoms with van der Waals surface area (Å²) in [6, 6.07) is 3.60. The lowest BCUT2D eigenvalue weighted by molar-refractivity contribution is 0.0760. The van der Waals surface area contributed by atoms with Gasteiger partial charge in [0.05, 0.1) is 0 Å². The monoisotopic (exact) mass is 224 g/mol. The molecule has 0 fully saturated rings. The number of furan rings is 1. The van der Waals surface area contributed by atoms with Gasteiger partial charge < -0.3 is 14.6 Å². The first-order valence-electron chi connectivity index (χ1n) is 5.67. The Bertz CT molecular complexity index is 334. The third kappa shape index (κ3) is 3.38. The number of carbonyl (C=O) groups excluding carboxylic acids is 1. The molecule has 0 aliphatic rings. The average Bonchev–Trinajstić information content (AvgIpc) is 2.76. The average molecular weight is 224 g/mol. The van der Waals surface area contributed by atoms with Gasteiger partial charge in [0.1, 0.15) is 5.76 Å². The molecule has 90 valence electrons. The van der Waals surface area contributed by atoms with Crippen molar-refractivity contribution in [2.24, 2.45) is 0 Å². The highest BCUT2D eigenvalue weighted by atomic mass is 16.4. The maximum absolute atomic E-state index is 11.9. The quantitative estimate of drug-likeness (QED) is 0.745. The van der Waals surface area contributed by atoms with Gasteiger partial charge in [0.2, 0.25) is 0 Å². The summed E-state index contributed by atoms with van der Waals surface area (Å²) in [5.74, 6) is 1.24. The van der Waals surface area contributed by atoms with Gasteiger partial charge in [-0.1, -0.05) is 6.92 Å². The highest BCUT2D eigenvalue weighted by molar-refractivity contribution is 5.91. The van der Waals surface area contributed by atoms with Crippen LogP contribution in [-0.4, -0.2) is 38.0 Å². The molecule has 1 heterocycles. The van der Waals surface area contributed by atoms with Crippen molar-refractivity contribution in [2.45, 2.75) is 19.8 Å². The largest absolute Gasteiger partial charge is 0.456 e. The molecule has 16 heavy (non-hydrogen) atoms. The SMILES string of the molecule is CCc1ccc(C(=O)N(C)CCCNC)o1. The Kier molecular flexibility index (Phi) is 5.05. The molecule has 0 unspecified atom stereocenters. The molecule has 4 nitrogen and oxygen atoms in total. The van der Waals surface area contributed by atoms with Gasteiger partial charge in [-0.2, -0.15) is 0 Å². The fourth-order valence-corrected chi connectivity index (χ4v) is 1.47. The zero-order chi connectivity index (χ0) is 12.0. The van der Waals surface area contributed by atoms with E-state index < -0.39 is 0 Å². The number of rotatable bonds is 6. The number of nitrogens with one attached hydrogen (secondary N) is 1. The van der Waals surface area contributed by atoms with Crippen LogP contribution in [0.4, 0.5) is 0 Å². The standard InChI is InChI=1S/C12H20N2O2/c1-4-10-6-7-11(16-10)12(15)14(3)9-5-8-13-2/h6-7,13H,4-5,8-9H2,1-3H3. The van der Waals surface area contributed by atoms with Crippen LogP contribution < -0.4 is 5.32 Å². The molecule has 0 bridgehead atoms. The van der Waals surface area contributed by atoms with Gasteiger partial charge in [-0.15, -0.1) is 0 Å². The van der Waals surface area contributed by atoms with E-state index in [9.17, 15) is 4.79 Å². The van der Waals surface area contributed by atoms with Gasteiger partial charge in [0, 0.05) is 20.0 Å². The van der Waals surface area contributed by atoms with E-state index in [0.29, 0.717) is 5.76 Å². The molecule has 1 aromatic rings. The molecule has 0 saturated carbocycles. The molecule has 0 spiro atoms. The third-order valence-corrected chi connectivity index (χ3v) is 2.49. The van der Waals surface area contributed by atoms with Crippen LogP contribution in [0.1, 0.15) is 29.7 Å². The second-order valence-corrected chi connectivity index (χ2v) is 3.80. The summed E-state index contributed by atoms with van der Waals surface area (Å²) in [5.41, 5.74) is 0. The number of aryl methyl sites for hydroxylation is 1. The van der Waals surface area contributed by atoms with Crippen LogP contribution in [0.2, 0.25) is 0 Å². The Morgan fingerprint density at radius 2 is 2.25 bits per heavy atom. The first-order valence-corrected chi connectivity index (χ1v) is 5.67. The van der Waals surface area contributed by atoms with Crippen molar-refractivity contribution in [3.63, 3.8) is 0 Å². The molecule has 1 rings (SSSR count). The molecule has 0 aliphatic heterocycles. The van der Waals surface area contributed by atoms with E-state index in [0.717, 1.165) is 31.7 Å². The van der Waals surface area contributed by atoms with Crippen molar-refractivity contribution in [2.75, 3.05) is 27.2 Å². The summed E-state index contributed by atoms with van der Waals surface area (Å²) >= 11 is 0. The zero-order valence-corrected chi connectivity index (χ0v) is 10.2. The molecule has 1 amide bonds. The van der Waals surface area contributed by atoms with Gasteiger partial charge in [-0.25, -0.2) is 0 Å². The Labute approximate surface area is 96.6 Å². The predicted molar refractivity (Wildman–Crippen MR) is 63.6 cm³/mol. The summed E-state index contributed by atoms with van der Waals surface area (Å²) in [4.78, 5) is 13.6. The second kappa shape index (κ2) is 6.33. The number of nitrogens with zero attached hydrogens (tertiary/aromatic N) is 1. The van der Waals surface area contributed by atoms with E-state index in [1.165, 1.54) is 0 Å². The van der Waals surface area contributed by atoms with Crippen LogP contribution in [-0.2, 0) is 6.42 Å². The predicted octanol–water partition coefficient (Wildman–Crippen LogP) is 1.52. The summed E-state index contributed by atoms with van der Waals surface area (Å²) in [7, 11) is 3.70. The van der Waals surface area contributed by atoms with Crippen molar-refractivity contribution in [3.8, 4) is 0 Å². The van der Waals surface area contributed by atoms with Crippen LogP contribution in [0.5, 0.6) is 0 Å². The van der Waals surface area contributed by atoms with Crippen LogP contribution in [0.15, 0.2) is 16.5 Å². The van der Waals surface area contributed by atoms with E-state index in [4.69, 9.17) is 4.42 Å². The number of hydrogen-bond acceptors (Lipinski definition) is 3. The summed E-state index contributed by atoms with van der Waals surface area (Å²) < 4.78 is 5.42. The smallest absolute Gasteiger partial charge is 0.289 e. The van der Waals surface area contributed by atoms with Crippen molar-refractivity contribution in [1.29, 1.82) is 0 Å². The van der Waals surface area contributed by atoms with Gasteiger partial charge in [0.15, 0.2) is 5.76 Å². The van der Waals surface area contributed by atoms with E-state index >= 15 is 0 Å². The maximum atomic E-state index is 11.9. The van der Waals surface area contributed by atoms with E-state index in [1.54, 1.807) is 18.0 Å². The molecule has 4 heteroatoms. The van der Waals surface area contributed by atoms with Gasteiger partial charge in [-0.3, -0.25) is 4.79 Å². The minimum atomic E-state index is -0.0456. The number of amides is 1.